The van der Waals surface area contributed by atoms with Gasteiger partial charge in [0.25, 0.3) is 5.91 Å². The molecule has 1 aromatic heterocycles. The van der Waals surface area contributed by atoms with Gasteiger partial charge in [0.1, 0.15) is 11.6 Å². The number of rotatable bonds is 6. The van der Waals surface area contributed by atoms with Gasteiger partial charge in [-0.15, -0.1) is 0 Å². The molecule has 4 aromatic rings. The number of aromatic amines is 1. The van der Waals surface area contributed by atoms with Gasteiger partial charge in [-0.25, -0.2) is 9.37 Å². The maximum absolute atomic E-state index is 13.9. The summed E-state index contributed by atoms with van der Waals surface area (Å²) < 4.78 is 13.9. The van der Waals surface area contributed by atoms with E-state index in [0.717, 1.165) is 16.6 Å². The number of imidazole rings is 1. The molecule has 0 bridgehead atoms. The lowest BCUT2D eigenvalue weighted by Crippen LogP contribution is -2.28. The second-order valence-corrected chi connectivity index (χ2v) is 8.21. The molecular formula is C26H21FN4O3. The van der Waals surface area contributed by atoms with Gasteiger partial charge in [0.15, 0.2) is 0 Å². The molecule has 2 heterocycles. The van der Waals surface area contributed by atoms with E-state index >= 15 is 0 Å². The molecule has 0 atom stereocenters. The van der Waals surface area contributed by atoms with Crippen molar-refractivity contribution in [3.8, 4) is 0 Å². The summed E-state index contributed by atoms with van der Waals surface area (Å²) in [6.07, 6.45) is 0.847. The smallest absolute Gasteiger partial charge is 0.255 e. The SMILES string of the molecule is O=C(Nc1ccc2nc(Cc3ccccc3F)[nH]c2c1)c1ccc(CN2C(=O)CCC2=O)cc1. The van der Waals surface area contributed by atoms with Crippen molar-refractivity contribution < 1.29 is 18.8 Å². The summed E-state index contributed by atoms with van der Waals surface area (Å²) >= 11 is 0. The van der Waals surface area contributed by atoms with E-state index < -0.39 is 0 Å². The average Bonchev–Trinajstić information content (AvgIpc) is 3.38. The number of nitrogens with one attached hydrogen (secondary N) is 2. The van der Waals surface area contributed by atoms with Gasteiger partial charge >= 0.3 is 0 Å². The Bertz CT molecular complexity index is 1400. The lowest BCUT2D eigenvalue weighted by Gasteiger charge is -2.14. The van der Waals surface area contributed by atoms with Crippen LogP contribution in [-0.4, -0.2) is 32.6 Å². The molecule has 0 radical (unpaired) electrons. The molecule has 5 rings (SSSR count). The van der Waals surface area contributed by atoms with Crippen LogP contribution in [0.25, 0.3) is 11.0 Å². The zero-order valence-corrected chi connectivity index (χ0v) is 18.2. The number of aromatic nitrogens is 2. The molecule has 34 heavy (non-hydrogen) atoms. The van der Waals surface area contributed by atoms with Crippen LogP contribution < -0.4 is 5.32 Å². The fraction of sp³-hybridized carbons (Fsp3) is 0.154. The highest BCUT2D eigenvalue weighted by molar-refractivity contribution is 6.05. The summed E-state index contributed by atoms with van der Waals surface area (Å²) in [7, 11) is 0. The van der Waals surface area contributed by atoms with Gasteiger partial charge in [0.2, 0.25) is 11.8 Å². The van der Waals surface area contributed by atoms with Crippen LogP contribution in [0.1, 0.15) is 40.2 Å². The van der Waals surface area contributed by atoms with Gasteiger partial charge in [0.05, 0.1) is 17.6 Å². The standard InChI is InChI=1S/C26H21FN4O3/c27-20-4-2-1-3-18(20)13-23-29-21-10-9-19(14-22(21)30-23)28-26(34)17-7-5-16(6-8-17)15-31-24(32)11-12-25(31)33/h1-10,14H,11-13,15H2,(H,28,34)(H,29,30). The number of benzene rings is 3. The van der Waals surface area contributed by atoms with Gasteiger partial charge < -0.3 is 10.3 Å². The number of nitrogens with zero attached hydrogens (tertiary/aromatic N) is 2. The first kappa shape index (κ1) is 21.5. The summed E-state index contributed by atoms with van der Waals surface area (Å²) in [4.78, 5) is 45.2. The van der Waals surface area contributed by atoms with Crippen LogP contribution in [0.2, 0.25) is 0 Å². The van der Waals surface area contributed by atoms with Crippen molar-refractivity contribution in [2.75, 3.05) is 5.32 Å². The lowest BCUT2D eigenvalue weighted by molar-refractivity contribution is -0.139. The van der Waals surface area contributed by atoms with Crippen LogP contribution in [0, 0.1) is 5.82 Å². The number of hydrogen-bond donors (Lipinski definition) is 2. The highest BCUT2D eigenvalue weighted by atomic mass is 19.1. The number of imide groups is 1. The number of halogens is 1. The Hall–Kier alpha value is -4.33. The van der Waals surface area contributed by atoms with Gasteiger partial charge in [-0.2, -0.15) is 0 Å². The second-order valence-electron chi connectivity index (χ2n) is 8.21. The minimum Gasteiger partial charge on any atom is -0.342 e. The number of hydrogen-bond acceptors (Lipinski definition) is 4. The highest BCUT2D eigenvalue weighted by Gasteiger charge is 2.28. The topological polar surface area (TPSA) is 95.2 Å². The van der Waals surface area contributed by atoms with Crippen molar-refractivity contribution in [2.24, 2.45) is 0 Å². The normalized spacial score (nSPS) is 13.6. The summed E-state index contributed by atoms with van der Waals surface area (Å²) in [6, 6.07) is 18.7. The van der Waals surface area contributed by atoms with Crippen LogP contribution in [-0.2, 0) is 22.6 Å². The van der Waals surface area contributed by atoms with Crippen LogP contribution >= 0.6 is 0 Å². The van der Waals surface area contributed by atoms with Crippen LogP contribution in [0.4, 0.5) is 10.1 Å². The fourth-order valence-corrected chi connectivity index (χ4v) is 3.99. The van der Waals surface area contributed by atoms with E-state index in [-0.39, 0.29) is 42.9 Å². The molecule has 1 aliphatic rings. The molecule has 1 saturated heterocycles. The van der Waals surface area contributed by atoms with E-state index in [9.17, 15) is 18.8 Å². The molecule has 7 nitrogen and oxygen atoms in total. The van der Waals surface area contributed by atoms with Crippen LogP contribution in [0.5, 0.6) is 0 Å². The largest absolute Gasteiger partial charge is 0.342 e. The molecule has 8 heteroatoms. The zero-order valence-electron chi connectivity index (χ0n) is 18.2. The Morgan fingerprint density at radius 3 is 2.47 bits per heavy atom. The number of H-pyrrole nitrogens is 1. The van der Waals surface area contributed by atoms with E-state index in [0.29, 0.717) is 29.1 Å². The third-order valence-electron chi connectivity index (χ3n) is 5.82. The minimum atomic E-state index is -0.287. The van der Waals surface area contributed by atoms with E-state index in [4.69, 9.17) is 0 Å². The Balaban J connectivity index is 1.26. The first-order chi connectivity index (χ1) is 16.5. The number of carbonyl (C=O) groups excluding carboxylic acids is 3. The molecule has 0 unspecified atom stereocenters. The molecule has 1 fully saturated rings. The average molecular weight is 456 g/mol. The molecule has 0 spiro atoms. The summed E-state index contributed by atoms with van der Waals surface area (Å²) in [6.45, 7) is 0.214. The van der Waals surface area contributed by atoms with Gasteiger partial charge in [-0.3, -0.25) is 19.3 Å². The fourth-order valence-electron chi connectivity index (χ4n) is 3.99. The summed E-state index contributed by atoms with van der Waals surface area (Å²) in [5.74, 6) is -0.267. The Morgan fingerprint density at radius 1 is 1.00 bits per heavy atom. The number of carbonyl (C=O) groups is 3. The molecule has 0 saturated carbocycles. The van der Waals surface area contributed by atoms with Crippen molar-refractivity contribution >= 4 is 34.4 Å². The zero-order chi connectivity index (χ0) is 23.7. The van der Waals surface area contributed by atoms with E-state index in [1.807, 2.05) is 0 Å². The van der Waals surface area contributed by atoms with Crippen molar-refractivity contribution in [3.63, 3.8) is 0 Å². The third kappa shape index (κ3) is 4.43. The molecular weight excluding hydrogens is 435 g/mol. The predicted molar refractivity (Wildman–Crippen MR) is 124 cm³/mol. The number of fused-ring (bicyclic) bond motifs is 1. The monoisotopic (exact) mass is 456 g/mol. The molecule has 1 aliphatic heterocycles. The summed E-state index contributed by atoms with van der Waals surface area (Å²) in [5.41, 5.74) is 3.83. The van der Waals surface area contributed by atoms with Crippen LogP contribution in [0.3, 0.4) is 0 Å². The molecule has 170 valence electrons. The first-order valence-electron chi connectivity index (χ1n) is 10.9. The number of anilines is 1. The van der Waals surface area contributed by atoms with Crippen LogP contribution in [0.15, 0.2) is 66.7 Å². The maximum Gasteiger partial charge on any atom is 0.255 e. The Morgan fingerprint density at radius 2 is 1.74 bits per heavy atom. The molecule has 0 aliphatic carbocycles. The van der Waals surface area contributed by atoms with Crippen molar-refractivity contribution in [2.45, 2.75) is 25.8 Å². The van der Waals surface area contributed by atoms with Gasteiger partial charge in [0, 0.05) is 30.5 Å². The lowest BCUT2D eigenvalue weighted by atomic mass is 10.1. The minimum absolute atomic E-state index is 0.168. The quantitative estimate of drug-likeness (QED) is 0.425. The van der Waals surface area contributed by atoms with Crippen molar-refractivity contribution in [1.29, 1.82) is 0 Å². The molecule has 3 amide bonds. The Kier molecular flexibility index (Phi) is 5.63. The third-order valence-corrected chi connectivity index (χ3v) is 5.82. The highest BCUT2D eigenvalue weighted by Crippen LogP contribution is 2.21. The van der Waals surface area contributed by atoms with Gasteiger partial charge in [-0.1, -0.05) is 30.3 Å². The molecule has 3 aromatic carbocycles. The van der Waals surface area contributed by atoms with E-state index in [1.54, 1.807) is 60.7 Å². The van der Waals surface area contributed by atoms with E-state index in [2.05, 4.69) is 15.3 Å². The van der Waals surface area contributed by atoms with Gasteiger partial charge in [-0.05, 0) is 47.5 Å². The number of likely N-dealkylation sites (tertiary alicyclic amines) is 1. The second kappa shape index (κ2) is 8.90. The maximum atomic E-state index is 13.9. The molecule has 2 N–H and O–H groups in total. The first-order valence-corrected chi connectivity index (χ1v) is 10.9. The Labute approximate surface area is 194 Å². The summed E-state index contributed by atoms with van der Waals surface area (Å²) in [5, 5.41) is 2.86. The predicted octanol–water partition coefficient (Wildman–Crippen LogP) is 4.19. The van der Waals surface area contributed by atoms with Crippen molar-refractivity contribution in [3.05, 3.63) is 95.1 Å². The van der Waals surface area contributed by atoms with Crippen molar-refractivity contribution in [1.82, 2.24) is 14.9 Å². The van der Waals surface area contributed by atoms with E-state index in [1.165, 1.54) is 11.0 Å². The number of amides is 3.